The Bertz CT molecular complexity index is 1840. The standard InChI is InChI=1S/C41H68BN13O13/c43-33(57)24-51-12-16-53(26-37(61)62)18-14-52(15-19-54(17-13-51)27-38(63)64)25-35(59)50-31(4-3-11-47-41(44)45)40(66)46-10-2-1-5-34(58)48-21-28-6-8-29(9-7-28)39(65)49-22-36(60)55-23-30(56)20-32(55)42(67)68/h6-9,30-32,56,67-68H,1-5,10-27H2,(H2,43,57)(H,46,66)(H,48,58)(H,49,65)(H,50,59)(H,61,62)(H,63,64)(H4,44,45,47). The molecule has 2 fully saturated rings. The van der Waals surface area contributed by atoms with E-state index in [0.29, 0.717) is 37.9 Å². The third-order valence-electron chi connectivity index (χ3n) is 11.2. The number of benzene rings is 1. The van der Waals surface area contributed by atoms with Crippen LogP contribution in [-0.2, 0) is 40.1 Å². The van der Waals surface area contributed by atoms with Crippen molar-refractivity contribution in [2.24, 2.45) is 22.2 Å². The van der Waals surface area contributed by atoms with Gasteiger partial charge in [-0.3, -0.25) is 62.9 Å². The SMILES string of the molecule is NC(=O)CN1CCN(CC(=O)O)CCN(CC(=O)NC(CCCN=C(N)N)C(=O)NCCCCC(=O)NCc2ccc(C(=O)NCC(=O)N3CC(O)CC3B(O)O)cc2)CCN(CC(=O)O)CC1. The highest BCUT2D eigenvalue weighted by Crippen LogP contribution is 2.19. The summed E-state index contributed by atoms with van der Waals surface area (Å²) in [6.07, 6.45) is 0.665. The molecular formula is C41H68BN13O13. The molecule has 0 radical (unpaired) electrons. The summed E-state index contributed by atoms with van der Waals surface area (Å²) in [5.41, 5.74) is 17.3. The van der Waals surface area contributed by atoms with Gasteiger partial charge in [0.25, 0.3) is 5.91 Å². The minimum atomic E-state index is -1.82. The summed E-state index contributed by atoms with van der Waals surface area (Å²) < 4.78 is 0. The van der Waals surface area contributed by atoms with E-state index >= 15 is 0 Å². The number of likely N-dealkylation sites (tertiary alicyclic amines) is 1. The van der Waals surface area contributed by atoms with Gasteiger partial charge < -0.3 is 68.7 Å². The number of carboxylic acid groups (broad SMARTS) is 2. The van der Waals surface area contributed by atoms with E-state index < -0.39 is 73.2 Å². The van der Waals surface area contributed by atoms with Crippen molar-refractivity contribution in [2.75, 3.05) is 105 Å². The van der Waals surface area contributed by atoms with E-state index in [2.05, 4.69) is 26.3 Å². The van der Waals surface area contributed by atoms with Crippen molar-refractivity contribution in [1.82, 2.24) is 45.8 Å². The number of carboxylic acids is 2. The number of nitrogens with two attached hydrogens (primary N) is 3. The predicted octanol–water partition coefficient (Wildman–Crippen LogP) is -6.29. The van der Waals surface area contributed by atoms with Crippen molar-refractivity contribution in [3.8, 4) is 0 Å². The molecular weight excluding hydrogens is 893 g/mol. The number of aliphatic carboxylic acids is 2. The average Bonchev–Trinajstić information content (AvgIpc) is 3.68. The summed E-state index contributed by atoms with van der Waals surface area (Å²) in [5.74, 6) is -6.11. The van der Waals surface area contributed by atoms with Crippen LogP contribution in [0.2, 0.25) is 0 Å². The molecule has 0 aromatic heterocycles. The molecule has 2 aliphatic heterocycles. The highest BCUT2D eigenvalue weighted by atomic mass is 16.4. The van der Waals surface area contributed by atoms with Crippen LogP contribution in [0.25, 0.3) is 0 Å². The number of aliphatic imine (C=N–C) groups is 1. The van der Waals surface area contributed by atoms with Crippen LogP contribution in [0.4, 0.5) is 0 Å². The fourth-order valence-electron chi connectivity index (χ4n) is 7.61. The lowest BCUT2D eigenvalue weighted by atomic mass is 9.77. The second-order valence-corrected chi connectivity index (χ2v) is 16.7. The highest BCUT2D eigenvalue weighted by molar-refractivity contribution is 6.43. The first-order valence-electron chi connectivity index (χ1n) is 22.5. The lowest BCUT2D eigenvalue weighted by Gasteiger charge is -2.33. The number of amides is 6. The molecule has 68 heavy (non-hydrogen) atoms. The number of nitrogens with one attached hydrogen (secondary N) is 4. The molecule has 1 aromatic rings. The summed E-state index contributed by atoms with van der Waals surface area (Å²) in [6, 6.07) is 5.36. The third-order valence-corrected chi connectivity index (χ3v) is 11.2. The molecule has 3 atom stereocenters. The fraction of sp³-hybridized carbons (Fsp3) is 0.634. The number of rotatable bonds is 25. The Morgan fingerprint density at radius 1 is 0.721 bits per heavy atom. The topological polar surface area (TPSA) is 392 Å². The third kappa shape index (κ3) is 22.2. The second kappa shape index (κ2) is 29.7. The Kier molecular flexibility index (Phi) is 24.6. The predicted molar refractivity (Wildman–Crippen MR) is 246 cm³/mol. The Morgan fingerprint density at radius 2 is 1.28 bits per heavy atom. The van der Waals surface area contributed by atoms with E-state index in [1.165, 1.54) is 12.1 Å². The van der Waals surface area contributed by atoms with Crippen LogP contribution in [0.5, 0.6) is 0 Å². The second-order valence-electron chi connectivity index (χ2n) is 16.7. The van der Waals surface area contributed by atoms with Gasteiger partial charge in [0.15, 0.2) is 5.96 Å². The minimum absolute atomic E-state index is 0.0112. The van der Waals surface area contributed by atoms with Crippen molar-refractivity contribution in [3.63, 3.8) is 0 Å². The van der Waals surface area contributed by atoms with E-state index in [1.54, 1.807) is 31.7 Å². The Balaban J connectivity index is 1.49. The van der Waals surface area contributed by atoms with E-state index in [-0.39, 0.29) is 128 Å². The molecule has 1 aromatic carbocycles. The van der Waals surface area contributed by atoms with Crippen LogP contribution < -0.4 is 38.5 Å². The number of β-amino-alcohol motifs (C(OH)–C–C–N with tert-alkyl or cyclic N) is 1. The normalized spacial score (nSPS) is 18.2. The number of hydrogen-bond acceptors (Lipinski definition) is 16. The average molecular weight is 962 g/mol. The van der Waals surface area contributed by atoms with Gasteiger partial charge in [0.05, 0.1) is 44.8 Å². The monoisotopic (exact) mass is 962 g/mol. The lowest BCUT2D eigenvalue weighted by molar-refractivity contribution is -0.139. The van der Waals surface area contributed by atoms with Gasteiger partial charge in [0.1, 0.15) is 6.04 Å². The van der Waals surface area contributed by atoms with Crippen molar-refractivity contribution in [2.45, 2.75) is 63.2 Å². The Labute approximate surface area is 394 Å². The van der Waals surface area contributed by atoms with Crippen molar-refractivity contribution < 1.29 is 63.7 Å². The zero-order chi connectivity index (χ0) is 50.2. The number of guanidine groups is 1. The van der Waals surface area contributed by atoms with E-state index in [1.807, 2.05) is 0 Å². The fourth-order valence-corrected chi connectivity index (χ4v) is 7.61. The van der Waals surface area contributed by atoms with Crippen molar-refractivity contribution >= 4 is 60.5 Å². The molecule has 15 N–H and O–H groups in total. The highest BCUT2D eigenvalue weighted by Gasteiger charge is 2.41. The number of aliphatic hydroxyl groups is 1. The van der Waals surface area contributed by atoms with Gasteiger partial charge >= 0.3 is 19.1 Å². The van der Waals surface area contributed by atoms with Crippen LogP contribution in [0, 0.1) is 0 Å². The van der Waals surface area contributed by atoms with E-state index in [0.717, 1.165) is 4.90 Å². The van der Waals surface area contributed by atoms with Gasteiger partial charge in [0.2, 0.25) is 29.5 Å². The zero-order valence-corrected chi connectivity index (χ0v) is 38.3. The molecule has 3 rings (SSSR count). The van der Waals surface area contributed by atoms with Gasteiger partial charge in [-0.05, 0) is 49.8 Å². The van der Waals surface area contributed by atoms with Gasteiger partial charge in [-0.25, -0.2) is 0 Å². The number of primary amides is 1. The molecule has 2 aliphatic rings. The van der Waals surface area contributed by atoms with Crippen LogP contribution in [0.1, 0.15) is 54.4 Å². The molecule has 0 aliphatic carbocycles. The van der Waals surface area contributed by atoms with Crippen LogP contribution >= 0.6 is 0 Å². The van der Waals surface area contributed by atoms with Crippen LogP contribution in [-0.4, -0.2) is 233 Å². The number of hydrogen-bond donors (Lipinski definition) is 12. The summed E-state index contributed by atoms with van der Waals surface area (Å²) in [4.78, 5) is 112. The Morgan fingerprint density at radius 3 is 1.81 bits per heavy atom. The quantitative estimate of drug-likeness (QED) is 0.0188. The molecule has 27 heteroatoms. The van der Waals surface area contributed by atoms with Gasteiger partial charge in [0, 0.05) is 90.5 Å². The van der Waals surface area contributed by atoms with Crippen molar-refractivity contribution in [1.29, 1.82) is 0 Å². The number of aliphatic hydroxyl groups excluding tert-OH is 1. The molecule has 6 amide bonds. The maximum absolute atomic E-state index is 13.5. The molecule has 3 unspecified atom stereocenters. The van der Waals surface area contributed by atoms with Gasteiger partial charge in [-0.2, -0.15) is 0 Å². The molecule has 0 saturated carbocycles. The maximum Gasteiger partial charge on any atom is 0.475 e. The summed E-state index contributed by atoms with van der Waals surface area (Å²) >= 11 is 0. The van der Waals surface area contributed by atoms with Gasteiger partial charge in [-0.1, -0.05) is 12.1 Å². The first kappa shape index (κ1) is 56.4. The van der Waals surface area contributed by atoms with Crippen molar-refractivity contribution in [3.05, 3.63) is 35.4 Å². The summed E-state index contributed by atoms with van der Waals surface area (Å²) in [7, 11) is -1.82. The molecule has 2 heterocycles. The van der Waals surface area contributed by atoms with E-state index in [9.17, 15) is 63.7 Å². The van der Waals surface area contributed by atoms with Gasteiger partial charge in [-0.15, -0.1) is 0 Å². The lowest BCUT2D eigenvalue weighted by Crippen LogP contribution is -2.52. The van der Waals surface area contributed by atoms with Crippen LogP contribution in [0.3, 0.4) is 0 Å². The Hall–Kier alpha value is -5.97. The summed E-state index contributed by atoms with van der Waals surface area (Å²) in [6.45, 7) is 1.31. The molecule has 0 bridgehead atoms. The number of carbonyl (C=O) groups is 8. The number of carbonyl (C=O) groups excluding carboxylic acids is 6. The number of unbranched alkanes of at least 4 members (excludes halogenated alkanes) is 1. The maximum atomic E-state index is 13.5. The van der Waals surface area contributed by atoms with E-state index in [4.69, 9.17) is 17.2 Å². The number of nitrogens with zero attached hydrogens (tertiary/aromatic N) is 6. The van der Waals surface area contributed by atoms with Crippen LogP contribution in [0.15, 0.2) is 29.3 Å². The molecule has 26 nitrogen and oxygen atoms in total. The molecule has 378 valence electrons. The first-order chi connectivity index (χ1) is 32.3. The molecule has 0 spiro atoms. The first-order valence-corrected chi connectivity index (χ1v) is 22.5. The largest absolute Gasteiger partial charge is 0.480 e. The zero-order valence-electron chi connectivity index (χ0n) is 38.3. The summed E-state index contributed by atoms with van der Waals surface area (Å²) in [5, 5.41) is 58.8. The minimum Gasteiger partial charge on any atom is -0.480 e. The smallest absolute Gasteiger partial charge is 0.475 e. The molecule has 2 saturated heterocycles.